The number of rotatable bonds is 2. The molecule has 4 heteroatoms. The van der Waals surface area contributed by atoms with E-state index in [4.69, 9.17) is 4.74 Å². The van der Waals surface area contributed by atoms with Crippen LogP contribution in [0.15, 0.2) is 4.99 Å². The average Bonchev–Trinajstić information content (AvgIpc) is 2.71. The van der Waals surface area contributed by atoms with E-state index in [1.165, 1.54) is 23.0 Å². The van der Waals surface area contributed by atoms with Gasteiger partial charge in [-0.15, -0.1) is 0 Å². The summed E-state index contributed by atoms with van der Waals surface area (Å²) in [4.78, 5) is 4.40. The van der Waals surface area contributed by atoms with Gasteiger partial charge in [0, 0.05) is 11.5 Å². The summed E-state index contributed by atoms with van der Waals surface area (Å²) >= 11 is 3.76. The van der Waals surface area contributed by atoms with Gasteiger partial charge in [-0.1, -0.05) is 23.5 Å². The van der Waals surface area contributed by atoms with Gasteiger partial charge < -0.3 is 4.74 Å². The van der Waals surface area contributed by atoms with Crippen molar-refractivity contribution in [2.75, 3.05) is 18.1 Å². The van der Waals surface area contributed by atoms with E-state index in [1.807, 2.05) is 23.5 Å². The van der Waals surface area contributed by atoms with Crippen LogP contribution in [-0.2, 0) is 4.74 Å². The summed E-state index contributed by atoms with van der Waals surface area (Å²) in [5.74, 6) is 2.26. The Labute approximate surface area is 87.9 Å². The summed E-state index contributed by atoms with van der Waals surface area (Å²) in [6, 6.07) is 0. The Morgan fingerprint density at radius 3 is 3.15 bits per heavy atom. The van der Waals surface area contributed by atoms with Crippen LogP contribution in [0.4, 0.5) is 0 Å². The van der Waals surface area contributed by atoms with Gasteiger partial charge in [-0.05, 0) is 19.8 Å². The van der Waals surface area contributed by atoms with Crippen molar-refractivity contribution in [2.45, 2.75) is 32.0 Å². The standard InChI is InChI=1S/C9H15NOS2/c1-7-2-3-8(11-7)6-13-9-10-4-5-12-9/h7-8H,2-6H2,1H3. The minimum Gasteiger partial charge on any atom is -0.374 e. The van der Waals surface area contributed by atoms with Gasteiger partial charge in [0.2, 0.25) is 0 Å². The third kappa shape index (κ3) is 2.89. The SMILES string of the molecule is CC1CCC(CSC2=NCCS2)O1. The van der Waals surface area contributed by atoms with Crippen LogP contribution in [0.2, 0.25) is 0 Å². The van der Waals surface area contributed by atoms with E-state index in [-0.39, 0.29) is 0 Å². The molecule has 13 heavy (non-hydrogen) atoms. The number of nitrogens with zero attached hydrogens (tertiary/aromatic N) is 1. The summed E-state index contributed by atoms with van der Waals surface area (Å²) in [6.45, 7) is 3.17. The molecule has 2 aliphatic heterocycles. The Bertz CT molecular complexity index is 208. The lowest BCUT2D eigenvalue weighted by molar-refractivity contribution is 0.0701. The zero-order chi connectivity index (χ0) is 9.10. The second-order valence-electron chi connectivity index (χ2n) is 3.45. The molecule has 2 rings (SSSR count). The van der Waals surface area contributed by atoms with E-state index >= 15 is 0 Å². The molecule has 2 nitrogen and oxygen atoms in total. The van der Waals surface area contributed by atoms with Crippen molar-refractivity contribution in [3.05, 3.63) is 0 Å². The maximum atomic E-state index is 5.74. The van der Waals surface area contributed by atoms with Gasteiger partial charge in [0.25, 0.3) is 0 Å². The molecule has 0 bridgehead atoms. The smallest absolute Gasteiger partial charge is 0.124 e. The molecule has 2 atom stereocenters. The molecule has 0 aromatic carbocycles. The van der Waals surface area contributed by atoms with E-state index in [2.05, 4.69) is 11.9 Å². The van der Waals surface area contributed by atoms with Crippen LogP contribution < -0.4 is 0 Å². The highest BCUT2D eigenvalue weighted by Crippen LogP contribution is 2.27. The van der Waals surface area contributed by atoms with Crippen LogP contribution in [-0.4, -0.2) is 34.6 Å². The Morgan fingerprint density at radius 2 is 2.54 bits per heavy atom. The molecule has 0 amide bonds. The molecule has 2 aliphatic rings. The number of hydrogen-bond acceptors (Lipinski definition) is 4. The van der Waals surface area contributed by atoms with Crippen molar-refractivity contribution in [3.63, 3.8) is 0 Å². The highest BCUT2D eigenvalue weighted by atomic mass is 32.2. The summed E-state index contributed by atoms with van der Waals surface area (Å²) in [5.41, 5.74) is 0. The van der Waals surface area contributed by atoms with E-state index in [0.29, 0.717) is 12.2 Å². The first-order chi connectivity index (χ1) is 6.34. The Kier molecular flexibility index (Phi) is 3.58. The van der Waals surface area contributed by atoms with Gasteiger partial charge in [-0.3, -0.25) is 4.99 Å². The molecule has 0 aliphatic carbocycles. The molecule has 0 N–H and O–H groups in total. The quantitative estimate of drug-likeness (QED) is 0.709. The third-order valence-electron chi connectivity index (χ3n) is 2.27. The minimum absolute atomic E-state index is 0.476. The van der Waals surface area contributed by atoms with Gasteiger partial charge >= 0.3 is 0 Å². The van der Waals surface area contributed by atoms with Crippen molar-refractivity contribution in [3.8, 4) is 0 Å². The Hall–Kier alpha value is 0.330. The molecule has 2 unspecified atom stereocenters. The van der Waals surface area contributed by atoms with Gasteiger partial charge in [0.1, 0.15) is 4.38 Å². The predicted octanol–water partition coefficient (Wildman–Crippen LogP) is 2.39. The number of thioether (sulfide) groups is 2. The molecular formula is C9H15NOS2. The normalized spacial score (nSPS) is 33.8. The van der Waals surface area contributed by atoms with Crippen LogP contribution in [0.25, 0.3) is 0 Å². The summed E-state index contributed by atoms with van der Waals surface area (Å²) in [5, 5.41) is 0. The van der Waals surface area contributed by atoms with Crippen molar-refractivity contribution >= 4 is 27.9 Å². The molecular weight excluding hydrogens is 202 g/mol. The predicted molar refractivity (Wildman–Crippen MR) is 60.8 cm³/mol. The molecule has 2 heterocycles. The van der Waals surface area contributed by atoms with E-state index in [1.54, 1.807) is 0 Å². The van der Waals surface area contributed by atoms with E-state index in [9.17, 15) is 0 Å². The molecule has 0 radical (unpaired) electrons. The molecule has 0 spiro atoms. The molecule has 1 fully saturated rings. The lowest BCUT2D eigenvalue weighted by atomic mass is 10.2. The zero-order valence-corrected chi connectivity index (χ0v) is 9.50. The summed E-state index contributed by atoms with van der Waals surface area (Å²) in [7, 11) is 0. The fraction of sp³-hybridized carbons (Fsp3) is 0.889. The average molecular weight is 217 g/mol. The first kappa shape index (κ1) is 9.87. The minimum atomic E-state index is 0.476. The number of hydrogen-bond donors (Lipinski definition) is 0. The summed E-state index contributed by atoms with van der Waals surface area (Å²) < 4.78 is 7.00. The second kappa shape index (κ2) is 4.71. The lowest BCUT2D eigenvalue weighted by Gasteiger charge is -2.09. The molecule has 1 saturated heterocycles. The summed E-state index contributed by atoms with van der Waals surface area (Å²) in [6.07, 6.45) is 3.41. The zero-order valence-electron chi connectivity index (χ0n) is 7.86. The molecule has 0 saturated carbocycles. The third-order valence-corrected chi connectivity index (χ3v) is 4.65. The molecule has 74 valence electrons. The largest absolute Gasteiger partial charge is 0.374 e. The Balaban J connectivity index is 1.67. The molecule has 0 aromatic rings. The van der Waals surface area contributed by atoms with Crippen molar-refractivity contribution < 1.29 is 4.74 Å². The topological polar surface area (TPSA) is 21.6 Å². The van der Waals surface area contributed by atoms with Gasteiger partial charge in [-0.25, -0.2) is 0 Å². The van der Waals surface area contributed by atoms with Crippen LogP contribution in [0, 0.1) is 0 Å². The fourth-order valence-electron chi connectivity index (χ4n) is 1.57. The van der Waals surface area contributed by atoms with Crippen molar-refractivity contribution in [2.24, 2.45) is 4.99 Å². The van der Waals surface area contributed by atoms with Crippen LogP contribution >= 0.6 is 23.5 Å². The molecule has 0 aromatic heterocycles. The van der Waals surface area contributed by atoms with Crippen molar-refractivity contribution in [1.82, 2.24) is 0 Å². The first-order valence-corrected chi connectivity index (χ1v) is 6.77. The van der Waals surface area contributed by atoms with Gasteiger partial charge in [0.05, 0.1) is 18.8 Å². The fourth-order valence-corrected chi connectivity index (χ4v) is 3.66. The number of aliphatic imine (C=N–C) groups is 1. The van der Waals surface area contributed by atoms with Crippen LogP contribution in [0.5, 0.6) is 0 Å². The highest BCUT2D eigenvalue weighted by Gasteiger charge is 2.22. The Morgan fingerprint density at radius 1 is 1.62 bits per heavy atom. The van der Waals surface area contributed by atoms with Crippen molar-refractivity contribution in [1.29, 1.82) is 0 Å². The van der Waals surface area contributed by atoms with Gasteiger partial charge in [-0.2, -0.15) is 0 Å². The maximum absolute atomic E-state index is 5.74. The highest BCUT2D eigenvalue weighted by molar-refractivity contribution is 8.39. The number of ether oxygens (including phenoxy) is 1. The maximum Gasteiger partial charge on any atom is 0.124 e. The van der Waals surface area contributed by atoms with Crippen LogP contribution in [0.3, 0.4) is 0 Å². The van der Waals surface area contributed by atoms with Gasteiger partial charge in [0.15, 0.2) is 0 Å². The lowest BCUT2D eigenvalue weighted by Crippen LogP contribution is -2.11. The second-order valence-corrected chi connectivity index (χ2v) is 5.80. The monoisotopic (exact) mass is 217 g/mol. The van der Waals surface area contributed by atoms with E-state index in [0.717, 1.165) is 12.3 Å². The van der Waals surface area contributed by atoms with Crippen LogP contribution in [0.1, 0.15) is 19.8 Å². The first-order valence-electron chi connectivity index (χ1n) is 4.80. The van der Waals surface area contributed by atoms with E-state index < -0.39 is 0 Å².